The Bertz CT molecular complexity index is 1810. The number of anilines is 1. The number of amides is 2. The van der Waals surface area contributed by atoms with Crippen LogP contribution in [0.4, 0.5) is 9.52 Å². The second-order valence-electron chi connectivity index (χ2n) is 10.7. The van der Waals surface area contributed by atoms with Gasteiger partial charge in [-0.15, -0.1) is 20.3 Å². The molecule has 4 rings (SSSR count). The van der Waals surface area contributed by atoms with Crippen molar-refractivity contribution in [2.75, 3.05) is 18.9 Å². The summed E-state index contributed by atoms with van der Waals surface area (Å²) in [6.45, 7) is 3.13. The van der Waals surface area contributed by atoms with E-state index >= 15 is 0 Å². The van der Waals surface area contributed by atoms with Gasteiger partial charge in [0.1, 0.15) is 18.3 Å². The SMILES string of the molecule is C[n+]1cc(-c2ccc(OCC(ON=C(C(=O)NC3C(=O)N(OS(=O)(=O)O)C3(C)C)c3csc(N)n3)C(=O)O)c(F)c2)cn1CCCN. The van der Waals surface area contributed by atoms with E-state index in [0.29, 0.717) is 23.7 Å². The lowest BCUT2D eigenvalue weighted by molar-refractivity contribution is -0.753. The Hall–Kier alpha value is -4.70. The van der Waals surface area contributed by atoms with Gasteiger partial charge in [0, 0.05) is 5.38 Å². The number of halogens is 1. The highest BCUT2D eigenvalue weighted by Gasteiger charge is 2.58. The molecule has 254 valence electrons. The molecule has 21 heteroatoms. The second kappa shape index (κ2) is 14.0. The van der Waals surface area contributed by atoms with Crippen LogP contribution in [0, 0.1) is 5.82 Å². The summed E-state index contributed by atoms with van der Waals surface area (Å²) in [5.74, 6) is -4.72. The number of nitrogen functional groups attached to an aromatic ring is 1. The number of oxime groups is 1. The summed E-state index contributed by atoms with van der Waals surface area (Å²) in [7, 11) is -3.20. The molecule has 0 bridgehead atoms. The molecule has 1 aliphatic rings. The Morgan fingerprint density at radius 3 is 2.62 bits per heavy atom. The van der Waals surface area contributed by atoms with Crippen LogP contribution in [0.15, 0.2) is 41.1 Å². The van der Waals surface area contributed by atoms with Crippen molar-refractivity contribution in [2.45, 2.75) is 44.5 Å². The lowest BCUT2D eigenvalue weighted by Crippen LogP contribution is -2.76. The molecular weight excluding hydrogens is 667 g/mol. The van der Waals surface area contributed by atoms with Crippen molar-refractivity contribution in [2.24, 2.45) is 17.9 Å². The Balaban J connectivity index is 1.47. The van der Waals surface area contributed by atoms with E-state index in [1.54, 1.807) is 6.07 Å². The molecule has 0 saturated carbocycles. The van der Waals surface area contributed by atoms with Crippen molar-refractivity contribution >= 4 is 50.4 Å². The van der Waals surface area contributed by atoms with Crippen molar-refractivity contribution in [3.05, 3.63) is 47.5 Å². The van der Waals surface area contributed by atoms with E-state index < -0.39 is 64.0 Å². The molecule has 1 aromatic carbocycles. The predicted molar refractivity (Wildman–Crippen MR) is 161 cm³/mol. The number of carboxylic acids is 1. The van der Waals surface area contributed by atoms with Crippen LogP contribution in [0.5, 0.6) is 5.75 Å². The molecule has 2 unspecified atom stereocenters. The summed E-state index contributed by atoms with van der Waals surface area (Å²) in [5.41, 5.74) is 10.3. The monoisotopic (exact) mass is 699 g/mol. The van der Waals surface area contributed by atoms with Crippen LogP contribution in [-0.2, 0) is 47.5 Å². The summed E-state index contributed by atoms with van der Waals surface area (Å²) < 4.78 is 59.5. The van der Waals surface area contributed by atoms with E-state index in [-0.39, 0.29) is 16.6 Å². The fourth-order valence-electron chi connectivity index (χ4n) is 4.43. The summed E-state index contributed by atoms with van der Waals surface area (Å²) >= 11 is 0.921. The third-order valence-electron chi connectivity index (χ3n) is 6.91. The molecule has 7 N–H and O–H groups in total. The number of hydroxylamine groups is 2. The van der Waals surface area contributed by atoms with Crippen LogP contribution in [0.25, 0.3) is 11.1 Å². The molecule has 1 aliphatic heterocycles. The normalized spacial score (nSPS) is 16.8. The Morgan fingerprint density at radius 2 is 2.04 bits per heavy atom. The van der Waals surface area contributed by atoms with E-state index in [4.69, 9.17) is 25.6 Å². The fraction of sp³-hybridized carbons (Fsp3) is 0.385. The molecule has 18 nitrogen and oxygen atoms in total. The lowest BCUT2D eigenvalue weighted by Gasteiger charge is -2.50. The zero-order valence-electron chi connectivity index (χ0n) is 25.2. The van der Waals surface area contributed by atoms with Crippen molar-refractivity contribution in [1.29, 1.82) is 0 Å². The van der Waals surface area contributed by atoms with Gasteiger partial charge < -0.3 is 31.5 Å². The number of nitrogens with two attached hydrogens (primary N) is 2. The molecule has 2 atom stereocenters. The van der Waals surface area contributed by atoms with Crippen LogP contribution in [0.2, 0.25) is 0 Å². The van der Waals surface area contributed by atoms with Gasteiger partial charge in [-0.2, -0.15) is 18.2 Å². The smallest absolute Gasteiger partial charge is 0.418 e. The predicted octanol–water partition coefficient (Wildman–Crippen LogP) is -0.401. The van der Waals surface area contributed by atoms with E-state index in [1.165, 1.54) is 31.4 Å². The lowest BCUT2D eigenvalue weighted by atomic mass is 9.84. The standard InChI is InChI=1S/C26H31FN8O10S2/c1-26(2)21(23(37)35(26)45-47(40,41)42)31-22(36)20(17-13-46-25(29)30-17)32-44-19(24(38)39)12-43-18-6-5-14(9-16(18)27)15-10-33(3)34(11-15)8-4-7-28/h5-6,9-11,13,19,21H,4,7-8,12,28H2,1-3H3,(H4-,29,30,31,36,38,39,40,41,42)/p+1. The largest absolute Gasteiger partial charge is 0.486 e. The number of rotatable bonds is 15. The number of ether oxygens (including phenoxy) is 1. The van der Waals surface area contributed by atoms with E-state index in [0.717, 1.165) is 23.3 Å². The zero-order valence-corrected chi connectivity index (χ0v) is 26.8. The van der Waals surface area contributed by atoms with Gasteiger partial charge in [0.05, 0.1) is 23.8 Å². The van der Waals surface area contributed by atoms with E-state index in [2.05, 4.69) is 19.7 Å². The van der Waals surface area contributed by atoms with Crippen LogP contribution in [-0.4, -0.2) is 87.1 Å². The fourth-order valence-corrected chi connectivity index (χ4v) is 5.43. The third-order valence-corrected chi connectivity index (χ3v) is 7.92. The molecule has 0 aliphatic carbocycles. The first-order chi connectivity index (χ1) is 22.0. The number of β-lactam (4-membered cyclic amide) rings is 1. The highest BCUT2D eigenvalue weighted by atomic mass is 32.3. The number of benzene rings is 1. The number of nitrogens with one attached hydrogen (secondary N) is 1. The molecular formula is C26H32FN8O10S2+. The van der Waals surface area contributed by atoms with Crippen molar-refractivity contribution < 1.29 is 55.4 Å². The summed E-state index contributed by atoms with van der Waals surface area (Å²) in [5, 5.41) is 17.4. The highest BCUT2D eigenvalue weighted by Crippen LogP contribution is 2.33. The topological polar surface area (TPSA) is 255 Å². The number of carboxylic acid groups (broad SMARTS) is 1. The van der Waals surface area contributed by atoms with E-state index in [9.17, 15) is 32.3 Å². The van der Waals surface area contributed by atoms with E-state index in [1.807, 2.05) is 28.8 Å². The van der Waals surface area contributed by atoms with Gasteiger partial charge in [-0.25, -0.2) is 14.2 Å². The van der Waals surface area contributed by atoms with Gasteiger partial charge in [0.15, 0.2) is 29.5 Å². The average Bonchev–Trinajstić information content (AvgIpc) is 3.59. The molecule has 1 fully saturated rings. The number of hydrogen-bond donors (Lipinski definition) is 5. The van der Waals surface area contributed by atoms with Crippen molar-refractivity contribution in [3.63, 3.8) is 0 Å². The highest BCUT2D eigenvalue weighted by molar-refractivity contribution is 7.80. The maximum atomic E-state index is 15.0. The molecule has 2 amide bonds. The van der Waals surface area contributed by atoms with Crippen LogP contribution >= 0.6 is 11.3 Å². The van der Waals surface area contributed by atoms with Gasteiger partial charge in [-0.3, -0.25) is 14.1 Å². The van der Waals surface area contributed by atoms with Gasteiger partial charge in [-0.1, -0.05) is 11.2 Å². The third kappa shape index (κ3) is 8.18. The minimum absolute atomic E-state index is 0.0196. The summed E-state index contributed by atoms with van der Waals surface area (Å²) in [4.78, 5) is 46.7. The maximum absolute atomic E-state index is 15.0. The Kier molecular flexibility index (Phi) is 10.4. The average molecular weight is 700 g/mol. The Morgan fingerprint density at radius 1 is 1.32 bits per heavy atom. The minimum atomic E-state index is -5.04. The summed E-state index contributed by atoms with van der Waals surface area (Å²) in [6.07, 6.45) is 2.57. The van der Waals surface area contributed by atoms with Crippen LogP contribution < -0.4 is 26.2 Å². The number of carbonyl (C=O) groups is 3. The first-order valence-corrected chi connectivity index (χ1v) is 15.9. The summed E-state index contributed by atoms with van der Waals surface area (Å²) in [6, 6.07) is 2.78. The second-order valence-corrected chi connectivity index (χ2v) is 12.6. The van der Waals surface area contributed by atoms with Gasteiger partial charge in [0.25, 0.3) is 17.9 Å². The number of aliphatic carboxylic acids is 1. The minimum Gasteiger partial charge on any atom is -0.486 e. The van der Waals surface area contributed by atoms with Crippen LogP contribution in [0.1, 0.15) is 26.0 Å². The number of aromatic nitrogens is 3. The molecule has 3 aromatic rings. The molecule has 2 aromatic heterocycles. The molecule has 47 heavy (non-hydrogen) atoms. The van der Waals surface area contributed by atoms with Crippen molar-refractivity contribution in [3.8, 4) is 16.9 Å². The molecule has 0 spiro atoms. The quantitative estimate of drug-likeness (QED) is 0.0446. The number of carbonyl (C=O) groups excluding carboxylic acids is 2. The molecule has 3 heterocycles. The number of thiazole rings is 1. The Labute approximate surface area is 271 Å². The first kappa shape index (κ1) is 35.2. The van der Waals surface area contributed by atoms with Gasteiger partial charge in [-0.05, 0) is 44.5 Å². The first-order valence-electron chi connectivity index (χ1n) is 13.7. The van der Waals surface area contributed by atoms with Gasteiger partial charge in [0.2, 0.25) is 6.20 Å². The number of aryl methyl sites for hydroxylation is 2. The van der Waals surface area contributed by atoms with Crippen molar-refractivity contribution in [1.82, 2.24) is 20.0 Å². The molecule has 1 saturated heterocycles. The molecule has 0 radical (unpaired) electrons. The number of nitrogens with zero attached hydrogens (tertiary/aromatic N) is 5. The zero-order chi connectivity index (χ0) is 34.7. The van der Waals surface area contributed by atoms with Crippen LogP contribution in [0.3, 0.4) is 0 Å². The maximum Gasteiger partial charge on any atom is 0.418 e. The van der Waals surface area contributed by atoms with Gasteiger partial charge >= 0.3 is 16.4 Å². The number of hydrogen-bond acceptors (Lipinski definition) is 13.